The third-order valence-electron chi connectivity index (χ3n) is 2.94. The monoisotopic (exact) mass is 313 g/mol. The van der Waals surface area contributed by atoms with Crippen LogP contribution in [-0.4, -0.2) is 36.8 Å². The Morgan fingerprint density at radius 2 is 2.04 bits per heavy atom. The zero-order valence-corrected chi connectivity index (χ0v) is 11.7. The van der Waals surface area contributed by atoms with Crippen molar-refractivity contribution in [3.63, 3.8) is 0 Å². The normalized spacial score (nSPS) is 10.4. The van der Waals surface area contributed by atoms with E-state index in [1.54, 1.807) is 12.1 Å². The van der Waals surface area contributed by atoms with Gasteiger partial charge in [0.15, 0.2) is 5.82 Å². The molecule has 0 unspecified atom stereocenters. The van der Waals surface area contributed by atoms with E-state index in [1.165, 1.54) is 17.0 Å². The predicted octanol–water partition coefficient (Wildman–Crippen LogP) is 1.57. The van der Waals surface area contributed by atoms with Crippen LogP contribution in [0.1, 0.15) is 15.9 Å². The number of carbonyl (C=O) groups excluding carboxylic acids is 1. The van der Waals surface area contributed by atoms with Gasteiger partial charge in [0.05, 0.1) is 6.20 Å². The molecule has 0 aliphatic heterocycles. The highest BCUT2D eigenvalue weighted by Crippen LogP contribution is 2.14. The Kier molecular flexibility index (Phi) is 3.83. The third kappa shape index (κ3) is 3.23. The van der Waals surface area contributed by atoms with E-state index >= 15 is 0 Å². The summed E-state index contributed by atoms with van der Waals surface area (Å²) in [6.07, 6.45) is 1.63. The minimum Gasteiger partial charge on any atom is -0.477 e. The van der Waals surface area contributed by atoms with Gasteiger partial charge in [-0.25, -0.2) is 14.1 Å². The molecule has 0 aliphatic rings. The molecule has 0 spiro atoms. The molecular weight excluding hydrogens is 302 g/mol. The van der Waals surface area contributed by atoms with Crippen molar-refractivity contribution in [1.29, 1.82) is 0 Å². The van der Waals surface area contributed by atoms with E-state index in [-0.39, 0.29) is 23.8 Å². The number of carboxylic acid groups (broad SMARTS) is 1. The van der Waals surface area contributed by atoms with Gasteiger partial charge in [0, 0.05) is 0 Å². The second-order valence-corrected chi connectivity index (χ2v) is 4.50. The number of benzene rings is 1. The summed E-state index contributed by atoms with van der Waals surface area (Å²) in [6.45, 7) is 0.0578. The van der Waals surface area contributed by atoms with Crippen LogP contribution in [0.25, 0.3) is 5.78 Å². The van der Waals surface area contributed by atoms with Gasteiger partial charge in [-0.05, 0) is 5.56 Å². The predicted molar refractivity (Wildman–Crippen MR) is 78.0 cm³/mol. The molecule has 0 bridgehead atoms. The molecule has 23 heavy (non-hydrogen) atoms. The SMILES string of the molecule is O=C(Nc1nc2ncnn2cc1C(=O)O)OCc1ccccc1. The molecule has 2 heterocycles. The summed E-state index contributed by atoms with van der Waals surface area (Å²) in [5.74, 6) is -1.25. The summed E-state index contributed by atoms with van der Waals surface area (Å²) in [6, 6.07) is 9.09. The first-order valence-electron chi connectivity index (χ1n) is 6.55. The number of aromatic nitrogens is 4. The van der Waals surface area contributed by atoms with Crippen molar-refractivity contribution in [2.45, 2.75) is 6.61 Å². The Bertz CT molecular complexity index is 862. The van der Waals surface area contributed by atoms with E-state index in [0.29, 0.717) is 0 Å². The van der Waals surface area contributed by atoms with Crippen molar-refractivity contribution in [2.24, 2.45) is 0 Å². The van der Waals surface area contributed by atoms with E-state index in [0.717, 1.165) is 5.56 Å². The van der Waals surface area contributed by atoms with Crippen molar-refractivity contribution in [2.75, 3.05) is 5.32 Å². The number of carboxylic acids is 1. The lowest BCUT2D eigenvalue weighted by molar-refractivity contribution is 0.0697. The van der Waals surface area contributed by atoms with Crippen molar-refractivity contribution in [3.8, 4) is 0 Å². The molecule has 3 aromatic rings. The molecule has 0 radical (unpaired) electrons. The maximum absolute atomic E-state index is 11.8. The smallest absolute Gasteiger partial charge is 0.413 e. The average molecular weight is 313 g/mol. The van der Waals surface area contributed by atoms with Gasteiger partial charge in [0.1, 0.15) is 18.5 Å². The van der Waals surface area contributed by atoms with E-state index in [4.69, 9.17) is 4.74 Å². The fraction of sp³-hybridized carbons (Fsp3) is 0.0714. The van der Waals surface area contributed by atoms with Gasteiger partial charge in [-0.15, -0.1) is 0 Å². The summed E-state index contributed by atoms with van der Waals surface area (Å²) in [4.78, 5) is 30.9. The maximum atomic E-state index is 11.8. The first-order valence-corrected chi connectivity index (χ1v) is 6.55. The largest absolute Gasteiger partial charge is 0.477 e. The zero-order chi connectivity index (χ0) is 16.2. The van der Waals surface area contributed by atoms with Gasteiger partial charge in [0.2, 0.25) is 0 Å². The molecule has 2 aromatic heterocycles. The third-order valence-corrected chi connectivity index (χ3v) is 2.94. The second-order valence-electron chi connectivity index (χ2n) is 4.50. The summed E-state index contributed by atoms with van der Waals surface area (Å²) in [5.41, 5.74) is 0.585. The Labute approximate surface area is 129 Å². The van der Waals surface area contributed by atoms with Crippen molar-refractivity contribution in [1.82, 2.24) is 19.6 Å². The standard InChI is InChI=1S/C14H11N5O4/c20-12(21)10-6-19-13(15-8-16-19)17-11(10)18-14(22)23-7-9-4-2-1-3-5-9/h1-6,8H,7H2,(H,20,21)(H,15,16,17,18,22). The van der Waals surface area contributed by atoms with Gasteiger partial charge < -0.3 is 9.84 Å². The lowest BCUT2D eigenvalue weighted by Gasteiger charge is -2.08. The molecule has 2 N–H and O–H groups in total. The van der Waals surface area contributed by atoms with Crippen LogP contribution in [0.2, 0.25) is 0 Å². The Morgan fingerprint density at radius 3 is 2.78 bits per heavy atom. The highest BCUT2D eigenvalue weighted by atomic mass is 16.5. The van der Waals surface area contributed by atoms with Crippen molar-refractivity contribution < 1.29 is 19.4 Å². The van der Waals surface area contributed by atoms with Crippen LogP contribution in [0.15, 0.2) is 42.9 Å². The van der Waals surface area contributed by atoms with Gasteiger partial charge >= 0.3 is 12.1 Å². The number of fused-ring (bicyclic) bond motifs is 1. The Hall–Kier alpha value is -3.49. The Balaban J connectivity index is 1.76. The van der Waals surface area contributed by atoms with E-state index in [2.05, 4.69) is 20.4 Å². The molecule has 0 saturated heterocycles. The van der Waals surface area contributed by atoms with Crippen molar-refractivity contribution >= 4 is 23.7 Å². The van der Waals surface area contributed by atoms with Crippen LogP contribution in [-0.2, 0) is 11.3 Å². The van der Waals surface area contributed by atoms with Gasteiger partial charge in [-0.1, -0.05) is 30.3 Å². The number of nitrogens with zero attached hydrogens (tertiary/aromatic N) is 4. The average Bonchev–Trinajstić information content (AvgIpc) is 3.00. The van der Waals surface area contributed by atoms with Gasteiger partial charge in [-0.2, -0.15) is 15.1 Å². The summed E-state index contributed by atoms with van der Waals surface area (Å²) < 4.78 is 6.23. The molecule has 1 amide bonds. The quantitative estimate of drug-likeness (QED) is 0.750. The summed E-state index contributed by atoms with van der Waals surface area (Å²) in [5, 5.41) is 15.3. The number of aromatic carboxylic acids is 1. The van der Waals surface area contributed by atoms with E-state index < -0.39 is 12.1 Å². The number of ether oxygens (including phenoxy) is 1. The molecule has 1 aromatic carbocycles. The number of hydrogen-bond acceptors (Lipinski definition) is 6. The number of rotatable bonds is 4. The van der Waals surface area contributed by atoms with Gasteiger partial charge in [0.25, 0.3) is 5.78 Å². The number of nitrogens with one attached hydrogen (secondary N) is 1. The zero-order valence-electron chi connectivity index (χ0n) is 11.7. The topological polar surface area (TPSA) is 119 Å². The highest BCUT2D eigenvalue weighted by Gasteiger charge is 2.17. The van der Waals surface area contributed by atoms with Crippen LogP contribution in [0.4, 0.5) is 10.6 Å². The molecule has 0 saturated carbocycles. The maximum Gasteiger partial charge on any atom is 0.413 e. The van der Waals surface area contributed by atoms with Crippen LogP contribution < -0.4 is 5.32 Å². The number of amides is 1. The van der Waals surface area contributed by atoms with E-state index in [9.17, 15) is 14.7 Å². The molecule has 3 rings (SSSR count). The van der Waals surface area contributed by atoms with Crippen molar-refractivity contribution in [3.05, 3.63) is 54.0 Å². The highest BCUT2D eigenvalue weighted by molar-refractivity contribution is 5.97. The Morgan fingerprint density at radius 1 is 1.26 bits per heavy atom. The minimum absolute atomic E-state index is 0.0578. The van der Waals surface area contributed by atoms with Gasteiger partial charge in [-0.3, -0.25) is 5.32 Å². The molecule has 0 atom stereocenters. The molecule has 0 fully saturated rings. The molecule has 0 aliphatic carbocycles. The lowest BCUT2D eigenvalue weighted by atomic mass is 10.2. The summed E-state index contributed by atoms with van der Waals surface area (Å²) in [7, 11) is 0. The van der Waals surface area contributed by atoms with Crippen LogP contribution in [0.3, 0.4) is 0 Å². The minimum atomic E-state index is -1.26. The van der Waals surface area contributed by atoms with E-state index in [1.807, 2.05) is 18.2 Å². The second kappa shape index (κ2) is 6.10. The summed E-state index contributed by atoms with van der Waals surface area (Å²) >= 11 is 0. The molecule has 9 heteroatoms. The van der Waals surface area contributed by atoms with Crippen LogP contribution in [0.5, 0.6) is 0 Å². The fourth-order valence-corrected chi connectivity index (χ4v) is 1.87. The molecule has 116 valence electrons. The van der Waals surface area contributed by atoms with Crippen LogP contribution >= 0.6 is 0 Å². The lowest BCUT2D eigenvalue weighted by Crippen LogP contribution is -2.18. The number of anilines is 1. The number of hydrogen-bond donors (Lipinski definition) is 2. The molecular formula is C14H11N5O4. The first kappa shape index (κ1) is 14.4. The first-order chi connectivity index (χ1) is 11.1. The fourth-order valence-electron chi connectivity index (χ4n) is 1.87. The molecule has 9 nitrogen and oxygen atoms in total. The number of carbonyl (C=O) groups is 2. The van der Waals surface area contributed by atoms with Crippen LogP contribution in [0, 0.1) is 0 Å².